The van der Waals surface area contributed by atoms with Crippen molar-refractivity contribution < 1.29 is 9.53 Å². The third-order valence-electron chi connectivity index (χ3n) is 3.72. The summed E-state index contributed by atoms with van der Waals surface area (Å²) in [6.07, 6.45) is 7.48. The maximum absolute atomic E-state index is 11.3. The van der Waals surface area contributed by atoms with Crippen LogP contribution in [0.2, 0.25) is 0 Å². The summed E-state index contributed by atoms with van der Waals surface area (Å²) in [6.45, 7) is 9.15. The molecule has 0 N–H and O–H groups in total. The molecule has 0 radical (unpaired) electrons. The van der Waals surface area contributed by atoms with Gasteiger partial charge in [-0.15, -0.1) is 0 Å². The van der Waals surface area contributed by atoms with Gasteiger partial charge in [-0.1, -0.05) is 39.7 Å². The van der Waals surface area contributed by atoms with Crippen molar-refractivity contribution in [3.05, 3.63) is 12.2 Å². The fourth-order valence-corrected chi connectivity index (χ4v) is 2.82. The standard InChI is InChI=1S/C14H24O2/c1-5-16-13(15)9-8-12-11(2)7-6-10-14(12,3)4/h8-9,11-12H,5-7,10H2,1-4H3/b9-8+. The molecule has 0 bridgehead atoms. The molecule has 0 aliphatic heterocycles. The Hall–Kier alpha value is -0.790. The molecule has 0 heterocycles. The minimum absolute atomic E-state index is 0.212. The molecular weight excluding hydrogens is 200 g/mol. The highest BCUT2D eigenvalue weighted by molar-refractivity contribution is 5.81. The monoisotopic (exact) mass is 224 g/mol. The number of hydrogen-bond donors (Lipinski definition) is 0. The van der Waals surface area contributed by atoms with Crippen molar-refractivity contribution >= 4 is 5.97 Å². The van der Waals surface area contributed by atoms with E-state index in [-0.39, 0.29) is 5.97 Å². The Morgan fingerprint density at radius 1 is 1.50 bits per heavy atom. The average molecular weight is 224 g/mol. The Balaban J connectivity index is 2.65. The van der Waals surface area contributed by atoms with Gasteiger partial charge in [0.25, 0.3) is 0 Å². The third kappa shape index (κ3) is 3.36. The van der Waals surface area contributed by atoms with Crippen molar-refractivity contribution in [1.82, 2.24) is 0 Å². The fourth-order valence-electron chi connectivity index (χ4n) is 2.82. The predicted molar refractivity (Wildman–Crippen MR) is 66.1 cm³/mol. The first-order valence-corrected chi connectivity index (χ1v) is 6.32. The second kappa shape index (κ2) is 5.51. The molecule has 0 amide bonds. The van der Waals surface area contributed by atoms with Gasteiger partial charge in [0.15, 0.2) is 0 Å². The first kappa shape index (κ1) is 13.3. The second-order valence-corrected chi connectivity index (χ2v) is 5.50. The third-order valence-corrected chi connectivity index (χ3v) is 3.72. The number of esters is 1. The highest BCUT2D eigenvalue weighted by Crippen LogP contribution is 2.44. The van der Waals surface area contributed by atoms with Crippen LogP contribution in [0.1, 0.15) is 47.0 Å². The van der Waals surface area contributed by atoms with E-state index < -0.39 is 0 Å². The Morgan fingerprint density at radius 2 is 2.19 bits per heavy atom. The lowest BCUT2D eigenvalue weighted by Crippen LogP contribution is -2.32. The quantitative estimate of drug-likeness (QED) is 0.541. The minimum atomic E-state index is -0.212. The zero-order valence-corrected chi connectivity index (χ0v) is 11.0. The van der Waals surface area contributed by atoms with Gasteiger partial charge in [-0.3, -0.25) is 0 Å². The Labute approximate surface area is 99.1 Å². The molecule has 0 spiro atoms. The largest absolute Gasteiger partial charge is 0.463 e. The molecule has 0 aromatic heterocycles. The lowest BCUT2D eigenvalue weighted by Gasteiger charge is -2.41. The molecule has 16 heavy (non-hydrogen) atoms. The van der Waals surface area contributed by atoms with Crippen LogP contribution in [-0.4, -0.2) is 12.6 Å². The van der Waals surface area contributed by atoms with E-state index in [0.29, 0.717) is 23.9 Å². The Bertz CT molecular complexity index is 266. The molecule has 2 heteroatoms. The van der Waals surface area contributed by atoms with E-state index in [4.69, 9.17) is 4.74 Å². The molecule has 2 atom stereocenters. The molecular formula is C14H24O2. The van der Waals surface area contributed by atoms with E-state index in [0.717, 1.165) is 0 Å². The lowest BCUT2D eigenvalue weighted by atomic mass is 9.64. The molecule has 2 nitrogen and oxygen atoms in total. The van der Waals surface area contributed by atoms with E-state index in [9.17, 15) is 4.79 Å². The van der Waals surface area contributed by atoms with E-state index in [2.05, 4.69) is 26.8 Å². The zero-order chi connectivity index (χ0) is 12.2. The van der Waals surface area contributed by atoms with Gasteiger partial charge in [0.05, 0.1) is 6.61 Å². The van der Waals surface area contributed by atoms with Crippen LogP contribution in [-0.2, 0) is 9.53 Å². The molecule has 92 valence electrons. The normalized spacial score (nSPS) is 29.2. The van der Waals surface area contributed by atoms with E-state index in [1.165, 1.54) is 19.3 Å². The molecule has 0 aromatic rings. The SMILES string of the molecule is CCOC(=O)/C=C/C1C(C)CCCC1(C)C. The van der Waals surface area contributed by atoms with Gasteiger partial charge < -0.3 is 4.74 Å². The number of ether oxygens (including phenoxy) is 1. The van der Waals surface area contributed by atoms with Gasteiger partial charge in [0, 0.05) is 6.08 Å². The summed E-state index contributed by atoms with van der Waals surface area (Å²) in [5, 5.41) is 0. The number of carbonyl (C=O) groups excluding carboxylic acids is 1. The van der Waals surface area contributed by atoms with Crippen LogP contribution in [0.4, 0.5) is 0 Å². The van der Waals surface area contributed by atoms with E-state index in [1.807, 2.05) is 6.92 Å². The molecule has 1 aliphatic rings. The van der Waals surface area contributed by atoms with Crippen LogP contribution < -0.4 is 0 Å². The summed E-state index contributed by atoms with van der Waals surface area (Å²) in [5.41, 5.74) is 0.306. The minimum Gasteiger partial charge on any atom is -0.463 e. The first-order valence-electron chi connectivity index (χ1n) is 6.32. The maximum atomic E-state index is 11.3. The fraction of sp³-hybridized carbons (Fsp3) is 0.786. The molecule has 1 rings (SSSR count). The van der Waals surface area contributed by atoms with Crippen molar-refractivity contribution in [3.63, 3.8) is 0 Å². The molecule has 1 fully saturated rings. The van der Waals surface area contributed by atoms with Crippen LogP contribution in [0.3, 0.4) is 0 Å². The summed E-state index contributed by atoms with van der Waals surface area (Å²) < 4.78 is 4.91. The van der Waals surface area contributed by atoms with Crippen LogP contribution in [0.5, 0.6) is 0 Å². The second-order valence-electron chi connectivity index (χ2n) is 5.50. The summed E-state index contributed by atoms with van der Waals surface area (Å²) >= 11 is 0. The first-order chi connectivity index (χ1) is 7.47. The summed E-state index contributed by atoms with van der Waals surface area (Å²) in [7, 11) is 0. The van der Waals surface area contributed by atoms with Gasteiger partial charge in [0.2, 0.25) is 0 Å². The topological polar surface area (TPSA) is 26.3 Å². The highest BCUT2D eigenvalue weighted by atomic mass is 16.5. The van der Waals surface area contributed by atoms with Crippen LogP contribution in [0.15, 0.2) is 12.2 Å². The maximum Gasteiger partial charge on any atom is 0.330 e. The van der Waals surface area contributed by atoms with Gasteiger partial charge in [-0.25, -0.2) is 4.79 Å². The number of rotatable bonds is 3. The van der Waals surface area contributed by atoms with Crippen LogP contribution in [0.25, 0.3) is 0 Å². The number of allylic oxidation sites excluding steroid dienone is 1. The van der Waals surface area contributed by atoms with E-state index in [1.54, 1.807) is 6.08 Å². The lowest BCUT2D eigenvalue weighted by molar-refractivity contribution is -0.137. The van der Waals surface area contributed by atoms with Gasteiger partial charge in [-0.2, -0.15) is 0 Å². The summed E-state index contributed by atoms with van der Waals surface area (Å²) in [4.78, 5) is 11.3. The Morgan fingerprint density at radius 3 is 2.75 bits per heavy atom. The number of hydrogen-bond acceptors (Lipinski definition) is 2. The molecule has 1 saturated carbocycles. The highest BCUT2D eigenvalue weighted by Gasteiger charge is 2.34. The molecule has 0 saturated heterocycles. The molecule has 0 aromatic carbocycles. The summed E-state index contributed by atoms with van der Waals surface area (Å²) in [5.74, 6) is 0.941. The smallest absolute Gasteiger partial charge is 0.330 e. The van der Waals surface area contributed by atoms with Gasteiger partial charge in [-0.05, 0) is 30.6 Å². The van der Waals surface area contributed by atoms with Crippen molar-refractivity contribution in [2.75, 3.05) is 6.61 Å². The van der Waals surface area contributed by atoms with E-state index >= 15 is 0 Å². The van der Waals surface area contributed by atoms with Crippen molar-refractivity contribution in [3.8, 4) is 0 Å². The number of carbonyl (C=O) groups is 1. The zero-order valence-electron chi connectivity index (χ0n) is 11.0. The molecule has 1 aliphatic carbocycles. The predicted octanol–water partition coefficient (Wildman–Crippen LogP) is 3.57. The van der Waals surface area contributed by atoms with Crippen molar-refractivity contribution in [2.45, 2.75) is 47.0 Å². The average Bonchev–Trinajstić information content (AvgIpc) is 2.16. The van der Waals surface area contributed by atoms with Gasteiger partial charge in [0.1, 0.15) is 0 Å². The summed E-state index contributed by atoms with van der Waals surface area (Å²) in [6, 6.07) is 0. The van der Waals surface area contributed by atoms with Crippen molar-refractivity contribution in [2.24, 2.45) is 17.3 Å². The Kier molecular flexibility index (Phi) is 4.57. The van der Waals surface area contributed by atoms with Crippen LogP contribution >= 0.6 is 0 Å². The van der Waals surface area contributed by atoms with Crippen LogP contribution in [0, 0.1) is 17.3 Å². The van der Waals surface area contributed by atoms with Crippen molar-refractivity contribution in [1.29, 1.82) is 0 Å². The molecule has 2 unspecified atom stereocenters. The van der Waals surface area contributed by atoms with Gasteiger partial charge >= 0.3 is 5.97 Å².